The van der Waals surface area contributed by atoms with Crippen LogP contribution in [-0.4, -0.2) is 24.5 Å². The Hall–Kier alpha value is -1.50. The molecule has 1 aliphatic carbocycles. The molecule has 0 heterocycles. The van der Waals surface area contributed by atoms with Gasteiger partial charge in [-0.25, -0.2) is 4.79 Å². The van der Waals surface area contributed by atoms with Gasteiger partial charge in [-0.1, -0.05) is 6.42 Å². The van der Waals surface area contributed by atoms with Crippen LogP contribution >= 0.6 is 0 Å². The lowest BCUT2D eigenvalue weighted by Crippen LogP contribution is -2.44. The Kier molecular flexibility index (Phi) is 4.84. The lowest BCUT2D eigenvalue weighted by Gasteiger charge is -2.25. The van der Waals surface area contributed by atoms with Crippen molar-refractivity contribution in [2.45, 2.75) is 38.6 Å². The molecule has 0 saturated heterocycles. The Balaban J connectivity index is 2.22. The van der Waals surface area contributed by atoms with Gasteiger partial charge in [-0.3, -0.25) is 4.79 Å². The van der Waals surface area contributed by atoms with Gasteiger partial charge < -0.3 is 10.1 Å². The minimum atomic E-state index is -0.592. The average molecular weight is 223 g/mol. The van der Waals surface area contributed by atoms with E-state index in [-0.39, 0.29) is 18.4 Å². The van der Waals surface area contributed by atoms with Gasteiger partial charge in [-0.15, -0.1) is 12.3 Å². The van der Waals surface area contributed by atoms with Gasteiger partial charge in [-0.05, 0) is 19.8 Å². The van der Waals surface area contributed by atoms with Crippen molar-refractivity contribution in [3.05, 3.63) is 0 Å². The van der Waals surface area contributed by atoms with E-state index in [4.69, 9.17) is 11.2 Å². The zero-order valence-corrected chi connectivity index (χ0v) is 9.49. The first kappa shape index (κ1) is 12.6. The van der Waals surface area contributed by atoms with Crippen molar-refractivity contribution in [3.8, 4) is 12.3 Å². The zero-order valence-electron chi connectivity index (χ0n) is 9.49. The van der Waals surface area contributed by atoms with Crippen molar-refractivity contribution in [3.63, 3.8) is 0 Å². The fourth-order valence-corrected chi connectivity index (χ4v) is 1.40. The number of hydrogen-bond donors (Lipinski definition) is 1. The first-order valence-electron chi connectivity index (χ1n) is 5.55. The number of ether oxygens (including phenoxy) is 1. The summed E-state index contributed by atoms with van der Waals surface area (Å²) in [6.45, 7) is 1.83. The van der Waals surface area contributed by atoms with Crippen LogP contribution in [-0.2, 0) is 14.3 Å². The summed E-state index contributed by atoms with van der Waals surface area (Å²) >= 11 is 0. The second kappa shape index (κ2) is 6.16. The van der Waals surface area contributed by atoms with E-state index in [2.05, 4.69) is 11.2 Å². The van der Waals surface area contributed by atoms with Gasteiger partial charge in [0.15, 0.2) is 0 Å². The number of hydrogen-bond acceptors (Lipinski definition) is 3. The van der Waals surface area contributed by atoms with Crippen LogP contribution in [0.1, 0.15) is 32.6 Å². The molecular formula is C12H17NO3. The van der Waals surface area contributed by atoms with Crippen LogP contribution < -0.4 is 5.32 Å². The normalized spacial score (nSPS) is 16.8. The molecule has 88 valence electrons. The molecule has 1 amide bonds. The second-order valence-electron chi connectivity index (χ2n) is 3.98. The molecule has 0 spiro atoms. The summed E-state index contributed by atoms with van der Waals surface area (Å²) in [6.07, 6.45) is 8.36. The summed E-state index contributed by atoms with van der Waals surface area (Å²) in [5.74, 6) is 1.98. The highest BCUT2D eigenvalue weighted by atomic mass is 16.5. The third-order valence-corrected chi connectivity index (χ3v) is 2.68. The Morgan fingerprint density at radius 3 is 2.75 bits per heavy atom. The van der Waals surface area contributed by atoms with Gasteiger partial charge in [0.05, 0.1) is 0 Å². The maximum absolute atomic E-state index is 11.5. The highest BCUT2D eigenvalue weighted by Gasteiger charge is 2.27. The van der Waals surface area contributed by atoms with Crippen LogP contribution in [0.25, 0.3) is 0 Å². The molecule has 0 aromatic heterocycles. The molecule has 1 rings (SSSR count). The monoisotopic (exact) mass is 223 g/mol. The lowest BCUT2D eigenvalue weighted by atomic mass is 9.84. The minimum absolute atomic E-state index is 0.0485. The van der Waals surface area contributed by atoms with Crippen LogP contribution in [0.5, 0.6) is 0 Å². The molecule has 0 aromatic carbocycles. The summed E-state index contributed by atoms with van der Waals surface area (Å²) < 4.78 is 4.88. The van der Waals surface area contributed by atoms with Crippen LogP contribution in [0, 0.1) is 18.3 Å². The molecule has 4 nitrogen and oxygen atoms in total. The number of carbonyl (C=O) groups excluding carboxylic acids is 2. The Morgan fingerprint density at radius 1 is 1.56 bits per heavy atom. The van der Waals surface area contributed by atoms with E-state index < -0.39 is 12.0 Å². The van der Waals surface area contributed by atoms with Crippen molar-refractivity contribution < 1.29 is 14.3 Å². The van der Waals surface area contributed by atoms with Gasteiger partial charge in [-0.2, -0.15) is 0 Å². The van der Waals surface area contributed by atoms with Gasteiger partial charge in [0.2, 0.25) is 5.91 Å². The maximum atomic E-state index is 11.5. The largest absolute Gasteiger partial charge is 0.463 e. The molecule has 4 heteroatoms. The van der Waals surface area contributed by atoms with Crippen molar-refractivity contribution in [1.82, 2.24) is 5.32 Å². The van der Waals surface area contributed by atoms with E-state index in [1.807, 2.05) is 0 Å². The smallest absolute Gasteiger partial charge is 0.328 e. The molecular weight excluding hydrogens is 206 g/mol. The third-order valence-electron chi connectivity index (χ3n) is 2.68. The van der Waals surface area contributed by atoms with Crippen LogP contribution in [0.3, 0.4) is 0 Å². The summed E-state index contributed by atoms with van der Waals surface area (Å²) in [4.78, 5) is 22.9. The van der Waals surface area contributed by atoms with Crippen molar-refractivity contribution in [2.75, 3.05) is 6.61 Å². The Morgan fingerprint density at radius 2 is 2.25 bits per heavy atom. The molecule has 0 aliphatic heterocycles. The number of terminal acetylenes is 1. The molecule has 16 heavy (non-hydrogen) atoms. The van der Waals surface area contributed by atoms with Gasteiger partial charge in [0.25, 0.3) is 0 Å². The molecule has 0 unspecified atom stereocenters. The average Bonchev–Trinajstić information content (AvgIpc) is 2.14. The zero-order chi connectivity index (χ0) is 12.0. The fraction of sp³-hybridized carbons (Fsp3) is 0.667. The third kappa shape index (κ3) is 3.58. The second-order valence-corrected chi connectivity index (χ2v) is 3.98. The first-order chi connectivity index (χ1) is 7.65. The van der Waals surface area contributed by atoms with Crippen molar-refractivity contribution >= 4 is 11.9 Å². The van der Waals surface area contributed by atoms with E-state index in [0.29, 0.717) is 6.42 Å². The van der Waals surface area contributed by atoms with E-state index in [1.54, 1.807) is 6.92 Å². The highest BCUT2D eigenvalue weighted by Crippen LogP contribution is 2.26. The number of amides is 1. The number of nitrogens with one attached hydrogen (secondary N) is 1. The number of carbonyl (C=O) groups is 2. The molecule has 0 bridgehead atoms. The van der Waals surface area contributed by atoms with E-state index >= 15 is 0 Å². The van der Waals surface area contributed by atoms with Crippen LogP contribution in [0.15, 0.2) is 0 Å². The summed E-state index contributed by atoms with van der Waals surface area (Å²) in [6, 6.07) is -0.592. The van der Waals surface area contributed by atoms with E-state index in [9.17, 15) is 9.59 Å². The van der Waals surface area contributed by atoms with Crippen molar-refractivity contribution in [2.24, 2.45) is 5.92 Å². The Bertz CT molecular complexity index is 302. The summed E-state index contributed by atoms with van der Waals surface area (Å²) in [7, 11) is 0. The topological polar surface area (TPSA) is 55.4 Å². The number of rotatable bonds is 5. The predicted octanol–water partition coefficient (Wildman–Crippen LogP) is 0.858. The quantitative estimate of drug-likeness (QED) is 0.427. The van der Waals surface area contributed by atoms with Gasteiger partial charge in [0, 0.05) is 12.3 Å². The molecule has 0 aromatic rings. The lowest BCUT2D eigenvalue weighted by molar-refractivity contribution is -0.147. The van der Waals surface area contributed by atoms with E-state index in [1.165, 1.54) is 0 Å². The molecule has 0 radical (unpaired) electrons. The molecule has 1 atom stereocenters. The standard InChI is InChI=1S/C12H17NO3/c1-3-4-8-16-12(15)9(2)13-11(14)10-6-5-7-10/h1,9-10H,4-8H2,2H3,(H,13,14)/t9-/m0/s1. The molecule has 1 saturated carbocycles. The summed E-state index contributed by atoms with van der Waals surface area (Å²) in [5, 5.41) is 2.64. The van der Waals surface area contributed by atoms with Gasteiger partial charge >= 0.3 is 5.97 Å². The Labute approximate surface area is 95.7 Å². The molecule has 1 N–H and O–H groups in total. The maximum Gasteiger partial charge on any atom is 0.328 e. The first-order valence-corrected chi connectivity index (χ1v) is 5.55. The number of esters is 1. The minimum Gasteiger partial charge on any atom is -0.463 e. The molecule has 1 aliphatic rings. The van der Waals surface area contributed by atoms with Crippen molar-refractivity contribution in [1.29, 1.82) is 0 Å². The van der Waals surface area contributed by atoms with Crippen LogP contribution in [0.4, 0.5) is 0 Å². The van der Waals surface area contributed by atoms with Gasteiger partial charge in [0.1, 0.15) is 12.6 Å². The highest BCUT2D eigenvalue weighted by molar-refractivity contribution is 5.85. The SMILES string of the molecule is C#CCCOC(=O)[C@H](C)NC(=O)C1CCC1. The molecule has 1 fully saturated rings. The van der Waals surface area contributed by atoms with Crippen LogP contribution in [0.2, 0.25) is 0 Å². The summed E-state index contributed by atoms with van der Waals surface area (Å²) in [5.41, 5.74) is 0. The fourth-order valence-electron chi connectivity index (χ4n) is 1.40. The predicted molar refractivity (Wildman–Crippen MR) is 59.4 cm³/mol. The van der Waals surface area contributed by atoms with E-state index in [0.717, 1.165) is 19.3 Å².